The minimum absolute atomic E-state index is 0. The van der Waals surface area contributed by atoms with Gasteiger partial charge in [0.05, 0.1) is 0 Å². The van der Waals surface area contributed by atoms with E-state index in [-0.39, 0.29) is 59.1 Å². The van der Waals surface area contributed by atoms with Gasteiger partial charge in [-0.15, -0.1) is 0 Å². The van der Waals surface area contributed by atoms with Crippen molar-refractivity contribution in [1.82, 2.24) is 0 Å². The SMILES string of the molecule is O=[As][O-].O=[As][O-].[Na+].[Na+]. The number of hydrogen-bond donors (Lipinski definition) is 0. The summed E-state index contributed by atoms with van der Waals surface area (Å²) < 4.78 is 33.9. The maximum Gasteiger partial charge on any atom is 1.00 e. The quantitative estimate of drug-likeness (QED) is 0.405. The topological polar surface area (TPSA) is 80.3 Å². The minimum Gasteiger partial charge on any atom is 1.00 e. The third-order valence-corrected chi connectivity index (χ3v) is 0. The smallest absolute Gasteiger partial charge is 1.00 e. The van der Waals surface area contributed by atoms with Crippen LogP contribution in [0.15, 0.2) is 0 Å². The van der Waals surface area contributed by atoms with Crippen LogP contribution in [0.1, 0.15) is 0 Å². The standard InChI is InChI=1S/2AsHO2.2Na/c2*2-1-3;;/h2*(H,2,3);;/q;;2*+1/p-2. The molecule has 0 aliphatic carbocycles. The molecule has 0 radical (unpaired) electrons. The molecule has 0 fully saturated rings. The molecule has 0 aliphatic rings. The molecule has 0 aromatic rings. The Morgan fingerprint density at radius 2 is 0.875 bits per heavy atom. The molecule has 36 valence electrons. The second-order valence-corrected chi connectivity index (χ2v) is 0.775. The summed E-state index contributed by atoms with van der Waals surface area (Å²) in [4.78, 5) is 0. The molecular formula is As2Na2O4. The Bertz CT molecular complexity index is 33.0. The van der Waals surface area contributed by atoms with Gasteiger partial charge in [-0.3, -0.25) is 0 Å². The van der Waals surface area contributed by atoms with Crippen molar-refractivity contribution in [2.45, 2.75) is 0 Å². The van der Waals surface area contributed by atoms with Gasteiger partial charge in [0.15, 0.2) is 0 Å². The molecule has 0 bridgehead atoms. The van der Waals surface area contributed by atoms with Crippen molar-refractivity contribution in [2.24, 2.45) is 0 Å². The average molecular weight is 260 g/mol. The van der Waals surface area contributed by atoms with E-state index in [1.54, 1.807) is 0 Å². The Balaban J connectivity index is -0.0000000160. The third kappa shape index (κ3) is 72.4. The van der Waals surface area contributed by atoms with Crippen LogP contribution in [0.5, 0.6) is 0 Å². The zero-order valence-corrected chi connectivity index (χ0v) is 12.3. The molecule has 0 aliphatic heterocycles. The van der Waals surface area contributed by atoms with E-state index in [2.05, 4.69) is 0 Å². The van der Waals surface area contributed by atoms with Crippen LogP contribution in [0.3, 0.4) is 0 Å². The zero-order chi connectivity index (χ0) is 5.41. The van der Waals surface area contributed by atoms with Gasteiger partial charge < -0.3 is 0 Å². The van der Waals surface area contributed by atoms with Gasteiger partial charge >= 0.3 is 107 Å². The van der Waals surface area contributed by atoms with Crippen LogP contribution in [0.2, 0.25) is 0 Å². The van der Waals surface area contributed by atoms with Crippen LogP contribution in [0, 0.1) is 0 Å². The summed E-state index contributed by atoms with van der Waals surface area (Å²) in [5.41, 5.74) is 0. The van der Waals surface area contributed by atoms with Gasteiger partial charge in [0.25, 0.3) is 0 Å². The molecular weight excluding hydrogens is 260 g/mol. The van der Waals surface area contributed by atoms with E-state index in [1.807, 2.05) is 0 Å². The maximum atomic E-state index is 8.47. The Hall–Kier alpha value is 2.64. The Kier molecular flexibility index (Phi) is 93.7. The van der Waals surface area contributed by atoms with Crippen molar-refractivity contribution in [3.05, 3.63) is 0 Å². The zero-order valence-electron chi connectivity index (χ0n) is 4.53. The summed E-state index contributed by atoms with van der Waals surface area (Å²) in [6.07, 6.45) is 0. The van der Waals surface area contributed by atoms with E-state index >= 15 is 0 Å². The maximum absolute atomic E-state index is 8.47. The van der Waals surface area contributed by atoms with Gasteiger partial charge in [0, 0.05) is 0 Å². The van der Waals surface area contributed by atoms with Crippen LogP contribution >= 0.6 is 0 Å². The van der Waals surface area contributed by atoms with E-state index < -0.39 is 32.1 Å². The van der Waals surface area contributed by atoms with Crippen molar-refractivity contribution in [3.8, 4) is 0 Å². The molecule has 8 heavy (non-hydrogen) atoms. The molecule has 0 N–H and O–H groups in total. The second kappa shape index (κ2) is 33.4. The molecule has 0 heterocycles. The molecule has 0 aromatic carbocycles. The van der Waals surface area contributed by atoms with Crippen LogP contribution < -0.4 is 67.3 Å². The van der Waals surface area contributed by atoms with E-state index in [9.17, 15) is 0 Å². The normalized spacial score (nSPS) is 5.25. The van der Waals surface area contributed by atoms with Crippen LogP contribution in [-0.2, 0) is 7.48 Å². The van der Waals surface area contributed by atoms with Gasteiger partial charge in [-0.2, -0.15) is 0 Å². The Morgan fingerprint density at radius 3 is 0.875 bits per heavy atom. The van der Waals surface area contributed by atoms with E-state index in [1.165, 1.54) is 0 Å². The van der Waals surface area contributed by atoms with Gasteiger partial charge in [-0.25, -0.2) is 0 Å². The van der Waals surface area contributed by atoms with E-state index in [4.69, 9.17) is 15.7 Å². The Labute approximate surface area is 105 Å². The largest absolute Gasteiger partial charge is 1.00 e. The molecule has 0 rings (SSSR count). The van der Waals surface area contributed by atoms with Gasteiger partial charge in [0.1, 0.15) is 0 Å². The molecule has 0 spiro atoms. The first-order valence-electron chi connectivity index (χ1n) is 0.730. The molecule has 0 saturated heterocycles. The summed E-state index contributed by atoms with van der Waals surface area (Å²) in [6, 6.07) is 0. The van der Waals surface area contributed by atoms with Crippen molar-refractivity contribution < 1.29 is 74.8 Å². The minimum atomic E-state index is -1.81. The predicted molar refractivity (Wildman–Crippen MR) is 12.9 cm³/mol. The fourth-order valence-electron chi connectivity index (χ4n) is 0. The van der Waals surface area contributed by atoms with Crippen molar-refractivity contribution in [2.75, 3.05) is 0 Å². The first kappa shape index (κ1) is 22.4. The average Bonchev–Trinajstić information content (AvgIpc) is 1.39. The molecule has 0 saturated carbocycles. The molecule has 0 amide bonds. The summed E-state index contributed by atoms with van der Waals surface area (Å²) in [7, 11) is 0. The van der Waals surface area contributed by atoms with E-state index in [0.29, 0.717) is 0 Å². The molecule has 0 unspecified atom stereocenters. The number of hydrogen-bond acceptors (Lipinski definition) is 4. The summed E-state index contributed by atoms with van der Waals surface area (Å²) in [5, 5.41) is 0. The first-order valence-corrected chi connectivity index (χ1v) is 3.79. The predicted octanol–water partition coefficient (Wildman–Crippen LogP) is -9.37. The fourth-order valence-corrected chi connectivity index (χ4v) is 0. The van der Waals surface area contributed by atoms with Gasteiger partial charge in [-0.1, -0.05) is 0 Å². The van der Waals surface area contributed by atoms with Crippen molar-refractivity contribution >= 4 is 32.1 Å². The van der Waals surface area contributed by atoms with Crippen LogP contribution in [0.4, 0.5) is 0 Å². The van der Waals surface area contributed by atoms with Crippen molar-refractivity contribution in [3.63, 3.8) is 0 Å². The summed E-state index contributed by atoms with van der Waals surface area (Å²) in [6.45, 7) is 0. The van der Waals surface area contributed by atoms with Crippen LogP contribution in [0.25, 0.3) is 0 Å². The molecule has 0 atom stereocenters. The van der Waals surface area contributed by atoms with Crippen molar-refractivity contribution in [1.29, 1.82) is 0 Å². The molecule has 0 aromatic heterocycles. The Morgan fingerprint density at radius 1 is 0.875 bits per heavy atom. The summed E-state index contributed by atoms with van der Waals surface area (Å²) >= 11 is -3.62. The van der Waals surface area contributed by atoms with Crippen LogP contribution in [-0.4, -0.2) is 32.1 Å². The number of rotatable bonds is 0. The van der Waals surface area contributed by atoms with E-state index in [0.717, 1.165) is 0 Å². The first-order chi connectivity index (χ1) is 2.83. The molecule has 4 nitrogen and oxygen atoms in total. The monoisotopic (exact) mass is 260 g/mol. The second-order valence-electron chi connectivity index (χ2n) is 0.149. The third-order valence-electron chi connectivity index (χ3n) is 0. The summed E-state index contributed by atoms with van der Waals surface area (Å²) in [5.74, 6) is 0. The van der Waals surface area contributed by atoms with Gasteiger partial charge in [-0.05, 0) is 0 Å². The van der Waals surface area contributed by atoms with Gasteiger partial charge in [0.2, 0.25) is 0 Å². The fraction of sp³-hybridized carbons (Fsp3) is 0. The molecule has 8 heteroatoms.